The summed E-state index contributed by atoms with van der Waals surface area (Å²) in [5.41, 5.74) is 5.19. The first-order chi connectivity index (χ1) is 12.5. The minimum absolute atomic E-state index is 0.274. The number of carbonyl (C=O) groups is 1. The van der Waals surface area contributed by atoms with Crippen molar-refractivity contribution in [2.45, 2.75) is 20.4 Å². The third-order valence-corrected chi connectivity index (χ3v) is 4.45. The molecular weight excluding hydrogens is 346 g/mol. The summed E-state index contributed by atoms with van der Waals surface area (Å²) in [6.07, 6.45) is 1.62. The highest BCUT2D eigenvalue weighted by atomic mass is 35.5. The summed E-state index contributed by atoms with van der Waals surface area (Å²) in [5.74, 6) is -0.274. The van der Waals surface area contributed by atoms with Crippen LogP contribution in [0.25, 0.3) is 0 Å². The maximum absolute atomic E-state index is 12.4. The van der Waals surface area contributed by atoms with E-state index in [0.29, 0.717) is 22.9 Å². The van der Waals surface area contributed by atoms with Crippen LogP contribution in [0.5, 0.6) is 0 Å². The van der Waals surface area contributed by atoms with Gasteiger partial charge in [0.25, 0.3) is 5.91 Å². The lowest BCUT2D eigenvalue weighted by Gasteiger charge is -2.09. The lowest BCUT2D eigenvalue weighted by molar-refractivity contribution is 0.102. The summed E-state index contributed by atoms with van der Waals surface area (Å²) >= 11 is 6.10. The van der Waals surface area contributed by atoms with E-state index in [1.165, 1.54) is 11.1 Å². The van der Waals surface area contributed by atoms with Gasteiger partial charge in [0.1, 0.15) is 5.69 Å². The number of carbonyl (C=O) groups excluding carboxylic acids is 1. The van der Waals surface area contributed by atoms with Gasteiger partial charge in [-0.15, -0.1) is 0 Å². The fourth-order valence-electron chi connectivity index (χ4n) is 2.44. The Bertz CT molecular complexity index is 923. The molecule has 0 saturated heterocycles. The molecule has 3 aromatic rings. The molecule has 2 aromatic carbocycles. The highest BCUT2D eigenvalue weighted by Gasteiger charge is 2.09. The lowest BCUT2D eigenvalue weighted by Crippen LogP contribution is -2.14. The zero-order valence-corrected chi connectivity index (χ0v) is 15.5. The van der Waals surface area contributed by atoms with Crippen LogP contribution >= 0.6 is 11.6 Å². The summed E-state index contributed by atoms with van der Waals surface area (Å²) in [6, 6.07) is 17.3. The van der Waals surface area contributed by atoms with Crippen LogP contribution in [-0.2, 0) is 6.54 Å². The smallest absolute Gasteiger partial charge is 0.274 e. The van der Waals surface area contributed by atoms with E-state index in [1.807, 2.05) is 25.1 Å². The van der Waals surface area contributed by atoms with Gasteiger partial charge in [0, 0.05) is 29.1 Å². The molecule has 3 rings (SSSR count). The molecule has 0 radical (unpaired) electrons. The molecule has 0 aliphatic heterocycles. The minimum atomic E-state index is -0.274. The van der Waals surface area contributed by atoms with E-state index < -0.39 is 0 Å². The van der Waals surface area contributed by atoms with Gasteiger partial charge in [0.05, 0.1) is 0 Å². The second kappa shape index (κ2) is 8.02. The number of aromatic nitrogens is 1. The second-order valence-electron chi connectivity index (χ2n) is 6.19. The fraction of sp³-hybridized carbons (Fsp3) is 0.143. The van der Waals surface area contributed by atoms with E-state index in [2.05, 4.69) is 46.8 Å². The number of halogens is 1. The third-order valence-electron chi connectivity index (χ3n) is 4.04. The van der Waals surface area contributed by atoms with Crippen molar-refractivity contribution in [2.75, 3.05) is 10.6 Å². The van der Waals surface area contributed by atoms with E-state index in [-0.39, 0.29) is 5.91 Å². The van der Waals surface area contributed by atoms with Crippen molar-refractivity contribution in [3.05, 3.63) is 88.2 Å². The molecule has 1 aromatic heterocycles. The molecule has 4 nitrogen and oxygen atoms in total. The van der Waals surface area contributed by atoms with E-state index in [0.717, 1.165) is 11.3 Å². The molecule has 5 heteroatoms. The fourth-order valence-corrected chi connectivity index (χ4v) is 2.62. The molecule has 0 fully saturated rings. The van der Waals surface area contributed by atoms with Gasteiger partial charge in [0.15, 0.2) is 0 Å². The Morgan fingerprint density at radius 3 is 2.50 bits per heavy atom. The van der Waals surface area contributed by atoms with Crippen LogP contribution in [0, 0.1) is 13.8 Å². The summed E-state index contributed by atoms with van der Waals surface area (Å²) in [4.78, 5) is 16.6. The largest absolute Gasteiger partial charge is 0.381 e. The summed E-state index contributed by atoms with van der Waals surface area (Å²) in [7, 11) is 0. The van der Waals surface area contributed by atoms with Crippen LogP contribution < -0.4 is 10.6 Å². The van der Waals surface area contributed by atoms with E-state index >= 15 is 0 Å². The lowest BCUT2D eigenvalue weighted by atomic mass is 10.1. The van der Waals surface area contributed by atoms with Crippen LogP contribution in [0.3, 0.4) is 0 Å². The van der Waals surface area contributed by atoms with Crippen molar-refractivity contribution >= 4 is 28.9 Å². The van der Waals surface area contributed by atoms with Crippen LogP contribution in [0.1, 0.15) is 27.2 Å². The zero-order chi connectivity index (χ0) is 18.5. The predicted molar refractivity (Wildman–Crippen MR) is 107 cm³/mol. The van der Waals surface area contributed by atoms with Crippen molar-refractivity contribution in [1.82, 2.24) is 4.98 Å². The van der Waals surface area contributed by atoms with Crippen molar-refractivity contribution in [2.24, 2.45) is 0 Å². The average molecular weight is 366 g/mol. The molecule has 0 aliphatic carbocycles. The number of hydrogen-bond donors (Lipinski definition) is 2. The number of aryl methyl sites for hydroxylation is 2. The molecular formula is C21H20ClN3O. The number of rotatable bonds is 5. The number of benzene rings is 2. The van der Waals surface area contributed by atoms with Crippen molar-refractivity contribution in [1.29, 1.82) is 0 Å². The highest BCUT2D eigenvalue weighted by Crippen LogP contribution is 2.20. The van der Waals surface area contributed by atoms with Gasteiger partial charge in [-0.05, 0) is 49.2 Å². The second-order valence-corrected chi connectivity index (χ2v) is 6.59. The van der Waals surface area contributed by atoms with Gasteiger partial charge in [0.2, 0.25) is 0 Å². The molecule has 132 valence electrons. The molecule has 2 N–H and O–H groups in total. The molecule has 1 amide bonds. The van der Waals surface area contributed by atoms with E-state index in [1.54, 1.807) is 18.3 Å². The van der Waals surface area contributed by atoms with Gasteiger partial charge < -0.3 is 10.6 Å². The molecule has 0 saturated carbocycles. The Balaban J connectivity index is 1.66. The Morgan fingerprint density at radius 2 is 1.77 bits per heavy atom. The first-order valence-corrected chi connectivity index (χ1v) is 8.72. The molecule has 0 unspecified atom stereocenters. The quantitative estimate of drug-likeness (QED) is 0.652. The Labute approximate surface area is 158 Å². The van der Waals surface area contributed by atoms with Gasteiger partial charge in [-0.3, -0.25) is 9.78 Å². The maximum Gasteiger partial charge on any atom is 0.274 e. The van der Waals surface area contributed by atoms with Crippen LogP contribution in [0.4, 0.5) is 11.4 Å². The number of pyridine rings is 1. The number of anilines is 2. The van der Waals surface area contributed by atoms with E-state index in [4.69, 9.17) is 11.6 Å². The summed E-state index contributed by atoms with van der Waals surface area (Å²) in [6.45, 7) is 4.66. The molecule has 0 aliphatic rings. The summed E-state index contributed by atoms with van der Waals surface area (Å²) in [5, 5.41) is 6.75. The molecule has 0 spiro atoms. The topological polar surface area (TPSA) is 54.0 Å². The standard InChI is InChI=1S/C21H20ClN3O/c1-14-3-6-16(7-4-14)13-24-17-9-10-23-20(12-17)21(26)25-18-8-5-15(2)19(22)11-18/h3-12H,13H2,1-2H3,(H,23,24)(H,25,26). The van der Waals surface area contributed by atoms with Gasteiger partial charge in [-0.1, -0.05) is 47.5 Å². The summed E-state index contributed by atoms with van der Waals surface area (Å²) < 4.78 is 0. The zero-order valence-electron chi connectivity index (χ0n) is 14.7. The van der Waals surface area contributed by atoms with E-state index in [9.17, 15) is 4.79 Å². The monoisotopic (exact) mass is 365 g/mol. The average Bonchev–Trinajstić information content (AvgIpc) is 2.64. The number of hydrogen-bond acceptors (Lipinski definition) is 3. The van der Waals surface area contributed by atoms with Crippen LogP contribution in [0.2, 0.25) is 5.02 Å². The first kappa shape index (κ1) is 18.0. The van der Waals surface area contributed by atoms with Gasteiger partial charge in [-0.2, -0.15) is 0 Å². The SMILES string of the molecule is Cc1ccc(CNc2ccnc(C(=O)Nc3ccc(C)c(Cl)c3)c2)cc1. The Hall–Kier alpha value is -2.85. The number of amides is 1. The maximum atomic E-state index is 12.4. The minimum Gasteiger partial charge on any atom is -0.381 e. The van der Waals surface area contributed by atoms with Crippen LogP contribution in [0.15, 0.2) is 60.8 Å². The van der Waals surface area contributed by atoms with Crippen molar-refractivity contribution < 1.29 is 4.79 Å². The van der Waals surface area contributed by atoms with Gasteiger partial charge >= 0.3 is 0 Å². The Morgan fingerprint density at radius 1 is 1.00 bits per heavy atom. The molecule has 1 heterocycles. The van der Waals surface area contributed by atoms with Crippen molar-refractivity contribution in [3.63, 3.8) is 0 Å². The molecule has 0 bridgehead atoms. The van der Waals surface area contributed by atoms with Gasteiger partial charge in [-0.25, -0.2) is 0 Å². The number of nitrogens with one attached hydrogen (secondary N) is 2. The normalized spacial score (nSPS) is 10.4. The Kier molecular flexibility index (Phi) is 5.54. The predicted octanol–water partition coefficient (Wildman–Crippen LogP) is 5.22. The molecule has 0 atom stereocenters. The first-order valence-electron chi connectivity index (χ1n) is 8.34. The number of nitrogens with zero attached hydrogens (tertiary/aromatic N) is 1. The third kappa shape index (κ3) is 4.61. The van der Waals surface area contributed by atoms with Crippen LogP contribution in [-0.4, -0.2) is 10.9 Å². The van der Waals surface area contributed by atoms with Crippen molar-refractivity contribution in [3.8, 4) is 0 Å². The highest BCUT2D eigenvalue weighted by molar-refractivity contribution is 6.31. The molecule has 26 heavy (non-hydrogen) atoms.